The van der Waals surface area contributed by atoms with E-state index in [1.54, 1.807) is 24.3 Å². The van der Waals surface area contributed by atoms with Crippen molar-refractivity contribution in [2.24, 2.45) is 0 Å². The number of esters is 1. The van der Waals surface area contributed by atoms with Crippen molar-refractivity contribution in [1.82, 2.24) is 9.97 Å². The van der Waals surface area contributed by atoms with Gasteiger partial charge in [0.25, 0.3) is 0 Å². The zero-order valence-electron chi connectivity index (χ0n) is 9.75. The Morgan fingerprint density at radius 2 is 1.89 bits per heavy atom. The van der Waals surface area contributed by atoms with E-state index in [9.17, 15) is 9.59 Å². The van der Waals surface area contributed by atoms with Gasteiger partial charge < -0.3 is 4.74 Å². The van der Waals surface area contributed by atoms with Crippen LogP contribution in [-0.2, 0) is 4.74 Å². The molecular formula is C13H9ClN2O3. The van der Waals surface area contributed by atoms with E-state index >= 15 is 0 Å². The first-order chi connectivity index (χ1) is 9.16. The first-order valence-corrected chi connectivity index (χ1v) is 5.76. The van der Waals surface area contributed by atoms with Gasteiger partial charge in [0.2, 0.25) is 0 Å². The van der Waals surface area contributed by atoms with Crippen molar-refractivity contribution in [3.05, 3.63) is 59.1 Å². The molecule has 5 nitrogen and oxygen atoms in total. The van der Waals surface area contributed by atoms with E-state index in [-0.39, 0.29) is 18.1 Å². The van der Waals surface area contributed by atoms with Crippen LogP contribution in [0.2, 0.25) is 5.02 Å². The summed E-state index contributed by atoms with van der Waals surface area (Å²) in [5.74, 6) is -0.996. The highest BCUT2D eigenvalue weighted by atomic mass is 35.5. The fourth-order valence-electron chi connectivity index (χ4n) is 1.33. The molecule has 0 unspecified atom stereocenters. The second kappa shape index (κ2) is 6.06. The Balaban J connectivity index is 1.94. The number of nitrogens with zero attached hydrogens (tertiary/aromatic N) is 2. The predicted molar refractivity (Wildman–Crippen MR) is 68.1 cm³/mol. The fourth-order valence-corrected chi connectivity index (χ4v) is 1.45. The first-order valence-electron chi connectivity index (χ1n) is 5.39. The Bertz CT molecular complexity index is 585. The summed E-state index contributed by atoms with van der Waals surface area (Å²) in [4.78, 5) is 30.8. The first kappa shape index (κ1) is 13.2. The number of benzene rings is 1. The third-order valence-corrected chi connectivity index (χ3v) is 2.52. The summed E-state index contributed by atoms with van der Waals surface area (Å²) in [7, 11) is 0. The molecule has 0 atom stereocenters. The summed E-state index contributed by atoms with van der Waals surface area (Å²) in [6.07, 6.45) is 4.09. The molecule has 0 aliphatic heterocycles. The van der Waals surface area contributed by atoms with E-state index in [4.69, 9.17) is 16.3 Å². The minimum Gasteiger partial charge on any atom is -0.453 e. The SMILES string of the molecule is O=C(COC(=O)c1cnccn1)c1ccc(Cl)cc1. The molecule has 0 fully saturated rings. The van der Waals surface area contributed by atoms with Crippen molar-refractivity contribution in [2.45, 2.75) is 0 Å². The van der Waals surface area contributed by atoms with Gasteiger partial charge >= 0.3 is 5.97 Å². The number of carbonyl (C=O) groups is 2. The van der Waals surface area contributed by atoms with Crippen LogP contribution in [0.15, 0.2) is 42.9 Å². The lowest BCUT2D eigenvalue weighted by atomic mass is 10.1. The summed E-state index contributed by atoms with van der Waals surface area (Å²) in [5, 5.41) is 0.535. The van der Waals surface area contributed by atoms with Gasteiger partial charge in [-0.05, 0) is 24.3 Å². The predicted octanol–water partition coefficient (Wildman–Crippen LogP) is 2.17. The maximum absolute atomic E-state index is 11.7. The van der Waals surface area contributed by atoms with E-state index in [1.165, 1.54) is 18.6 Å². The molecule has 1 aromatic carbocycles. The quantitative estimate of drug-likeness (QED) is 0.632. The van der Waals surface area contributed by atoms with E-state index in [2.05, 4.69) is 9.97 Å². The van der Waals surface area contributed by atoms with Crippen LogP contribution < -0.4 is 0 Å². The summed E-state index contributed by atoms with van der Waals surface area (Å²) >= 11 is 5.71. The molecule has 0 saturated heterocycles. The molecule has 0 aliphatic rings. The lowest BCUT2D eigenvalue weighted by Gasteiger charge is -2.03. The molecule has 0 radical (unpaired) electrons. The highest BCUT2D eigenvalue weighted by molar-refractivity contribution is 6.30. The van der Waals surface area contributed by atoms with Crippen LogP contribution in [0, 0.1) is 0 Å². The smallest absolute Gasteiger partial charge is 0.358 e. The Morgan fingerprint density at radius 3 is 2.53 bits per heavy atom. The number of ketones is 1. The molecule has 2 aromatic rings. The molecule has 19 heavy (non-hydrogen) atoms. The van der Waals surface area contributed by atoms with Gasteiger partial charge in [0, 0.05) is 23.0 Å². The average molecular weight is 277 g/mol. The average Bonchev–Trinajstić information content (AvgIpc) is 2.46. The summed E-state index contributed by atoms with van der Waals surface area (Å²) < 4.78 is 4.85. The van der Waals surface area contributed by atoms with Crippen molar-refractivity contribution in [2.75, 3.05) is 6.61 Å². The lowest BCUT2D eigenvalue weighted by molar-refractivity contribution is 0.0468. The molecule has 0 spiro atoms. The molecule has 2 rings (SSSR count). The van der Waals surface area contributed by atoms with Gasteiger partial charge in [-0.15, -0.1) is 0 Å². The maximum Gasteiger partial charge on any atom is 0.358 e. The van der Waals surface area contributed by atoms with Crippen LogP contribution in [-0.4, -0.2) is 28.3 Å². The highest BCUT2D eigenvalue weighted by Crippen LogP contribution is 2.10. The second-order valence-electron chi connectivity index (χ2n) is 3.60. The van der Waals surface area contributed by atoms with Crippen LogP contribution >= 0.6 is 11.6 Å². The van der Waals surface area contributed by atoms with Crippen molar-refractivity contribution < 1.29 is 14.3 Å². The zero-order valence-corrected chi connectivity index (χ0v) is 10.5. The Kier molecular flexibility index (Phi) is 4.20. The number of ether oxygens (including phenoxy) is 1. The van der Waals surface area contributed by atoms with Gasteiger partial charge in [-0.3, -0.25) is 9.78 Å². The largest absolute Gasteiger partial charge is 0.453 e. The van der Waals surface area contributed by atoms with Crippen molar-refractivity contribution in [3.8, 4) is 0 Å². The fraction of sp³-hybridized carbons (Fsp3) is 0.0769. The Morgan fingerprint density at radius 1 is 1.16 bits per heavy atom. The number of aromatic nitrogens is 2. The van der Waals surface area contributed by atoms with Gasteiger partial charge in [-0.2, -0.15) is 0 Å². The molecule has 1 aromatic heterocycles. The molecule has 0 saturated carbocycles. The van der Waals surface area contributed by atoms with Crippen LogP contribution in [0.3, 0.4) is 0 Å². The Labute approximate surface area is 114 Å². The van der Waals surface area contributed by atoms with Gasteiger partial charge in [-0.25, -0.2) is 9.78 Å². The number of carbonyl (C=O) groups excluding carboxylic acids is 2. The van der Waals surface area contributed by atoms with E-state index in [1.807, 2.05) is 0 Å². The minimum absolute atomic E-state index is 0.0615. The van der Waals surface area contributed by atoms with Crippen LogP contribution in [0.1, 0.15) is 20.8 Å². The molecule has 0 N–H and O–H groups in total. The van der Waals surface area contributed by atoms with Crippen molar-refractivity contribution in [1.29, 1.82) is 0 Å². The molecule has 0 amide bonds. The summed E-state index contributed by atoms with van der Waals surface area (Å²) in [6.45, 7) is -0.350. The maximum atomic E-state index is 11.7. The van der Waals surface area contributed by atoms with Crippen molar-refractivity contribution in [3.63, 3.8) is 0 Å². The van der Waals surface area contributed by atoms with Gasteiger partial charge in [0.15, 0.2) is 18.1 Å². The van der Waals surface area contributed by atoms with Crippen LogP contribution in [0.25, 0.3) is 0 Å². The third-order valence-electron chi connectivity index (χ3n) is 2.27. The lowest BCUT2D eigenvalue weighted by Crippen LogP contribution is -2.15. The monoisotopic (exact) mass is 276 g/mol. The summed E-state index contributed by atoms with van der Waals surface area (Å²) in [6, 6.07) is 6.33. The van der Waals surface area contributed by atoms with Gasteiger partial charge in [0.05, 0.1) is 6.20 Å². The molecule has 1 heterocycles. The third kappa shape index (κ3) is 3.59. The number of hydrogen-bond donors (Lipinski definition) is 0. The topological polar surface area (TPSA) is 69.2 Å². The zero-order chi connectivity index (χ0) is 13.7. The Hall–Kier alpha value is -2.27. The van der Waals surface area contributed by atoms with E-state index in [0.717, 1.165) is 0 Å². The molecule has 0 bridgehead atoms. The minimum atomic E-state index is -0.685. The second-order valence-corrected chi connectivity index (χ2v) is 4.03. The molecule has 0 aliphatic carbocycles. The van der Waals surface area contributed by atoms with Crippen LogP contribution in [0.5, 0.6) is 0 Å². The standard InChI is InChI=1S/C13H9ClN2O3/c14-10-3-1-9(2-4-10)12(17)8-19-13(18)11-7-15-5-6-16-11/h1-7H,8H2. The number of Topliss-reactive ketones (excluding diaryl/α,β-unsaturated/α-hetero) is 1. The highest BCUT2D eigenvalue weighted by Gasteiger charge is 2.12. The summed E-state index contributed by atoms with van der Waals surface area (Å²) in [5.41, 5.74) is 0.489. The van der Waals surface area contributed by atoms with Crippen molar-refractivity contribution >= 4 is 23.4 Å². The molecule has 96 valence electrons. The van der Waals surface area contributed by atoms with Crippen LogP contribution in [0.4, 0.5) is 0 Å². The molecule has 6 heteroatoms. The number of hydrogen-bond acceptors (Lipinski definition) is 5. The van der Waals surface area contributed by atoms with E-state index in [0.29, 0.717) is 10.6 Å². The number of halogens is 1. The number of rotatable bonds is 4. The van der Waals surface area contributed by atoms with E-state index < -0.39 is 5.97 Å². The van der Waals surface area contributed by atoms with Gasteiger partial charge in [-0.1, -0.05) is 11.6 Å². The molecular weight excluding hydrogens is 268 g/mol. The normalized spacial score (nSPS) is 9.95. The van der Waals surface area contributed by atoms with Gasteiger partial charge in [0.1, 0.15) is 0 Å².